The molecule has 0 unspecified atom stereocenters. The molecule has 0 saturated heterocycles. The molecule has 0 saturated carbocycles. The molecule has 0 spiro atoms. The Morgan fingerprint density at radius 2 is 1.57 bits per heavy atom. The molecule has 1 aliphatic rings. The molecule has 112 valence electrons. The molecule has 2 amide bonds. The Kier molecular flexibility index (Phi) is 4.37. The van der Waals surface area contributed by atoms with E-state index < -0.39 is 24.9 Å². The molecular formula is C13H14NO6P. The minimum atomic E-state index is -3.83. The summed E-state index contributed by atoms with van der Waals surface area (Å²) in [5.74, 6) is -0.930. The number of hydrogen-bond acceptors (Lipinski definition) is 6. The van der Waals surface area contributed by atoms with Crippen LogP contribution in [0.15, 0.2) is 24.3 Å². The highest BCUT2D eigenvalue weighted by Crippen LogP contribution is 2.48. The highest BCUT2D eigenvalue weighted by molar-refractivity contribution is 7.71. The second kappa shape index (κ2) is 5.89. The van der Waals surface area contributed by atoms with E-state index in [9.17, 15) is 18.9 Å². The van der Waals surface area contributed by atoms with Gasteiger partial charge in [0.25, 0.3) is 11.8 Å². The van der Waals surface area contributed by atoms with Gasteiger partial charge in [0.1, 0.15) is 0 Å². The molecule has 0 aliphatic carbocycles. The Bertz CT molecular complexity index is 613. The zero-order valence-corrected chi connectivity index (χ0v) is 12.5. The van der Waals surface area contributed by atoms with Crippen molar-refractivity contribution in [1.82, 2.24) is 4.90 Å². The molecule has 21 heavy (non-hydrogen) atoms. The highest BCUT2D eigenvalue weighted by atomic mass is 31.2. The first-order valence-corrected chi connectivity index (χ1v) is 7.69. The molecule has 8 heteroatoms. The van der Waals surface area contributed by atoms with Crippen molar-refractivity contribution in [1.29, 1.82) is 0 Å². The van der Waals surface area contributed by atoms with Crippen LogP contribution in [0.4, 0.5) is 0 Å². The maximum atomic E-state index is 12.1. The number of rotatable bonds is 6. The fraction of sp³-hybridized carbons (Fsp3) is 0.308. The average Bonchev–Trinajstić information content (AvgIpc) is 2.76. The van der Waals surface area contributed by atoms with Crippen LogP contribution in [-0.2, 0) is 18.4 Å². The highest BCUT2D eigenvalue weighted by Gasteiger charge is 2.37. The summed E-state index contributed by atoms with van der Waals surface area (Å²) in [6.07, 6.45) is -0.287. The van der Waals surface area contributed by atoms with Gasteiger partial charge in [-0.2, -0.15) is 0 Å². The van der Waals surface area contributed by atoms with Crippen LogP contribution in [0.2, 0.25) is 0 Å². The molecule has 2 rings (SSSR count). The largest absolute Gasteiger partial charge is 0.396 e. The van der Waals surface area contributed by atoms with Crippen LogP contribution in [0, 0.1) is 0 Å². The van der Waals surface area contributed by atoms with Crippen LogP contribution in [0.5, 0.6) is 0 Å². The summed E-state index contributed by atoms with van der Waals surface area (Å²) >= 11 is 0. The van der Waals surface area contributed by atoms with Gasteiger partial charge in [-0.1, -0.05) is 12.1 Å². The number of amides is 2. The summed E-state index contributed by atoms with van der Waals surface area (Å²) in [5, 5.41) is 0. The molecular weight excluding hydrogens is 297 g/mol. The summed E-state index contributed by atoms with van der Waals surface area (Å²) < 4.78 is 21.0. The Hall–Kier alpha value is -1.82. The van der Waals surface area contributed by atoms with Gasteiger partial charge in [-0.25, -0.2) is 0 Å². The van der Waals surface area contributed by atoms with Crippen molar-refractivity contribution in [2.75, 3.05) is 20.8 Å². The van der Waals surface area contributed by atoms with E-state index in [1.165, 1.54) is 0 Å². The molecule has 1 aromatic carbocycles. The van der Waals surface area contributed by atoms with E-state index in [1.54, 1.807) is 24.3 Å². The van der Waals surface area contributed by atoms with Gasteiger partial charge in [0.05, 0.1) is 11.1 Å². The lowest BCUT2D eigenvalue weighted by Crippen LogP contribution is -2.32. The maximum absolute atomic E-state index is 12.1. The van der Waals surface area contributed by atoms with E-state index in [0.717, 1.165) is 19.1 Å². The fourth-order valence-electron chi connectivity index (χ4n) is 2.06. The average molecular weight is 311 g/mol. The molecule has 0 fully saturated rings. The van der Waals surface area contributed by atoms with Gasteiger partial charge in [-0.05, 0) is 12.1 Å². The summed E-state index contributed by atoms with van der Waals surface area (Å²) in [5.41, 5.74) is -0.169. The molecule has 1 heterocycles. The number of carbonyl (C=O) groups excluding carboxylic acids is 3. The fourth-order valence-corrected chi connectivity index (χ4v) is 2.99. The number of imide groups is 1. The molecule has 0 radical (unpaired) electrons. The smallest absolute Gasteiger partial charge is 0.307 e. The number of carbonyl (C=O) groups is 3. The summed E-state index contributed by atoms with van der Waals surface area (Å²) in [6.45, 7) is -0.165. The van der Waals surface area contributed by atoms with Crippen molar-refractivity contribution in [3.8, 4) is 0 Å². The third-order valence-electron chi connectivity index (χ3n) is 3.21. The zero-order chi connectivity index (χ0) is 15.6. The summed E-state index contributed by atoms with van der Waals surface area (Å²) in [7, 11) is -1.63. The lowest BCUT2D eigenvalue weighted by Gasteiger charge is -2.15. The van der Waals surface area contributed by atoms with Crippen LogP contribution in [0.3, 0.4) is 0 Å². The van der Waals surface area contributed by atoms with Gasteiger partial charge in [0.2, 0.25) is 5.52 Å². The zero-order valence-electron chi connectivity index (χ0n) is 11.6. The predicted molar refractivity (Wildman–Crippen MR) is 73.1 cm³/mol. The maximum Gasteiger partial charge on any atom is 0.396 e. The molecule has 0 aromatic heterocycles. The number of fused-ring (bicyclic) bond motifs is 1. The lowest BCUT2D eigenvalue weighted by atomic mass is 10.1. The Balaban J connectivity index is 2.10. The van der Waals surface area contributed by atoms with Crippen LogP contribution >= 0.6 is 7.60 Å². The first-order chi connectivity index (χ1) is 9.94. The second-order valence-electron chi connectivity index (χ2n) is 4.31. The molecule has 0 bridgehead atoms. The Labute approximate surface area is 121 Å². The molecule has 7 nitrogen and oxygen atoms in total. The number of hydrogen-bond donors (Lipinski definition) is 0. The Morgan fingerprint density at radius 1 is 1.10 bits per heavy atom. The van der Waals surface area contributed by atoms with E-state index >= 15 is 0 Å². The second-order valence-corrected chi connectivity index (χ2v) is 6.54. The van der Waals surface area contributed by atoms with Gasteiger partial charge in [0, 0.05) is 27.2 Å². The number of benzene rings is 1. The van der Waals surface area contributed by atoms with Gasteiger partial charge in [-0.3, -0.25) is 23.8 Å². The van der Waals surface area contributed by atoms with Crippen molar-refractivity contribution in [2.24, 2.45) is 0 Å². The SMILES string of the molecule is COP(=O)(OC)C(=O)CCN1C(=O)c2ccccc2C1=O. The minimum absolute atomic E-state index is 0.165. The van der Waals surface area contributed by atoms with Crippen LogP contribution < -0.4 is 0 Å². The van der Waals surface area contributed by atoms with E-state index in [4.69, 9.17) is 0 Å². The molecule has 1 aromatic rings. The van der Waals surface area contributed by atoms with Crippen molar-refractivity contribution < 1.29 is 28.0 Å². The van der Waals surface area contributed by atoms with Gasteiger partial charge in [0.15, 0.2) is 0 Å². The molecule has 0 atom stereocenters. The first kappa shape index (κ1) is 15.6. The van der Waals surface area contributed by atoms with Gasteiger partial charge < -0.3 is 9.05 Å². The quantitative estimate of drug-likeness (QED) is 0.586. The lowest BCUT2D eigenvalue weighted by molar-refractivity contribution is -0.113. The summed E-state index contributed by atoms with van der Waals surface area (Å²) in [4.78, 5) is 36.9. The van der Waals surface area contributed by atoms with Crippen LogP contribution in [0.25, 0.3) is 0 Å². The molecule has 1 aliphatic heterocycles. The van der Waals surface area contributed by atoms with Crippen molar-refractivity contribution in [2.45, 2.75) is 6.42 Å². The van der Waals surface area contributed by atoms with Gasteiger partial charge in [-0.15, -0.1) is 0 Å². The van der Waals surface area contributed by atoms with E-state index in [0.29, 0.717) is 11.1 Å². The number of nitrogens with zero attached hydrogens (tertiary/aromatic N) is 1. The normalized spacial score (nSPS) is 14.5. The standard InChI is InChI=1S/C13H14NO6P/c1-19-21(18,20-2)11(15)7-8-14-12(16)9-5-3-4-6-10(9)13(14)17/h3-6H,7-8H2,1-2H3. The van der Waals surface area contributed by atoms with Gasteiger partial charge >= 0.3 is 7.60 Å². The van der Waals surface area contributed by atoms with E-state index in [1.807, 2.05) is 0 Å². The third-order valence-corrected chi connectivity index (χ3v) is 5.01. The Morgan fingerprint density at radius 3 is 2.00 bits per heavy atom. The van der Waals surface area contributed by atoms with E-state index in [2.05, 4.69) is 9.05 Å². The monoisotopic (exact) mass is 311 g/mol. The van der Waals surface area contributed by atoms with Crippen molar-refractivity contribution in [3.63, 3.8) is 0 Å². The molecule has 0 N–H and O–H groups in total. The summed E-state index contributed by atoms with van der Waals surface area (Å²) in [6, 6.07) is 6.41. The van der Waals surface area contributed by atoms with Crippen LogP contribution in [0.1, 0.15) is 27.1 Å². The predicted octanol–water partition coefficient (Wildman–Crippen LogP) is 1.69. The van der Waals surface area contributed by atoms with Crippen molar-refractivity contribution >= 4 is 24.9 Å². The minimum Gasteiger partial charge on any atom is -0.307 e. The van der Waals surface area contributed by atoms with Crippen molar-refractivity contribution in [3.05, 3.63) is 35.4 Å². The van der Waals surface area contributed by atoms with E-state index in [-0.39, 0.29) is 13.0 Å². The first-order valence-electron chi connectivity index (χ1n) is 6.14. The topological polar surface area (TPSA) is 90.0 Å². The van der Waals surface area contributed by atoms with Crippen LogP contribution in [-0.4, -0.2) is 43.0 Å². The third kappa shape index (κ3) is 2.68.